The normalized spacial score (nSPS) is 17.3. The van der Waals surface area contributed by atoms with Gasteiger partial charge in [0.05, 0.1) is 6.04 Å². The number of hydrogen-bond acceptors (Lipinski definition) is 5. The molecule has 1 aliphatic rings. The molecular formula is C21H24N4O. The van der Waals surface area contributed by atoms with Gasteiger partial charge < -0.3 is 4.42 Å². The van der Waals surface area contributed by atoms with Crippen LogP contribution >= 0.6 is 0 Å². The summed E-state index contributed by atoms with van der Waals surface area (Å²) >= 11 is 0. The number of rotatable bonds is 5. The molecule has 2 aromatic carbocycles. The van der Waals surface area contributed by atoms with Crippen LogP contribution in [0, 0.1) is 0 Å². The smallest absolute Gasteiger partial charge is 0.247 e. The molecule has 0 bridgehead atoms. The molecule has 2 heterocycles. The van der Waals surface area contributed by atoms with Crippen molar-refractivity contribution in [1.82, 2.24) is 20.0 Å². The summed E-state index contributed by atoms with van der Waals surface area (Å²) in [6.45, 7) is 7.29. The lowest BCUT2D eigenvalue weighted by Crippen LogP contribution is -2.46. The Morgan fingerprint density at radius 1 is 0.885 bits per heavy atom. The van der Waals surface area contributed by atoms with Crippen LogP contribution in [0.1, 0.15) is 24.4 Å². The van der Waals surface area contributed by atoms with Crippen LogP contribution < -0.4 is 0 Å². The van der Waals surface area contributed by atoms with Gasteiger partial charge in [0.2, 0.25) is 11.8 Å². The van der Waals surface area contributed by atoms with Crippen molar-refractivity contribution in [2.45, 2.75) is 19.5 Å². The molecule has 3 aromatic rings. The van der Waals surface area contributed by atoms with Crippen molar-refractivity contribution in [3.05, 3.63) is 72.1 Å². The fraction of sp³-hybridized carbons (Fsp3) is 0.333. The Hall–Kier alpha value is -2.50. The second-order valence-corrected chi connectivity index (χ2v) is 6.79. The second kappa shape index (κ2) is 7.81. The first kappa shape index (κ1) is 16.9. The first-order chi connectivity index (χ1) is 12.8. The van der Waals surface area contributed by atoms with E-state index in [-0.39, 0.29) is 6.04 Å². The molecule has 1 saturated heterocycles. The molecule has 1 aliphatic heterocycles. The standard InChI is InChI=1S/C21H24N4O/c1-17(20-22-23-21(26-20)19-10-6-3-7-11-19)25-14-12-24(13-15-25)16-18-8-4-2-5-9-18/h2-11,17H,12-16H2,1H3/t17-/m0/s1. The Morgan fingerprint density at radius 3 is 2.23 bits per heavy atom. The predicted octanol–water partition coefficient (Wildman–Crippen LogP) is 3.62. The molecule has 5 heteroatoms. The maximum Gasteiger partial charge on any atom is 0.247 e. The van der Waals surface area contributed by atoms with Gasteiger partial charge in [-0.2, -0.15) is 0 Å². The third-order valence-corrected chi connectivity index (χ3v) is 5.02. The van der Waals surface area contributed by atoms with E-state index in [0.717, 1.165) is 38.3 Å². The molecule has 1 aromatic heterocycles. The van der Waals surface area contributed by atoms with Crippen molar-refractivity contribution < 1.29 is 4.42 Å². The summed E-state index contributed by atoms with van der Waals surface area (Å²) in [5.74, 6) is 1.29. The SMILES string of the molecule is C[C@@H](c1nnc(-c2ccccc2)o1)N1CCN(Cc2ccccc2)CC1. The van der Waals surface area contributed by atoms with E-state index in [0.29, 0.717) is 11.8 Å². The average Bonchev–Trinajstić information content (AvgIpc) is 3.20. The maximum atomic E-state index is 5.93. The van der Waals surface area contributed by atoms with E-state index in [1.54, 1.807) is 0 Å². The summed E-state index contributed by atoms with van der Waals surface area (Å²) in [6, 6.07) is 20.7. The van der Waals surface area contributed by atoms with Crippen molar-refractivity contribution in [1.29, 1.82) is 0 Å². The van der Waals surface area contributed by atoms with Gasteiger partial charge in [-0.25, -0.2) is 0 Å². The number of hydrogen-bond donors (Lipinski definition) is 0. The van der Waals surface area contributed by atoms with Crippen molar-refractivity contribution in [3.8, 4) is 11.5 Å². The van der Waals surface area contributed by atoms with Crippen LogP contribution in [0.15, 0.2) is 65.1 Å². The highest BCUT2D eigenvalue weighted by Gasteiger charge is 2.25. The van der Waals surface area contributed by atoms with Crippen LogP contribution in [0.2, 0.25) is 0 Å². The van der Waals surface area contributed by atoms with E-state index in [9.17, 15) is 0 Å². The van der Waals surface area contributed by atoms with Gasteiger partial charge >= 0.3 is 0 Å². The van der Waals surface area contributed by atoms with Crippen LogP contribution in [0.3, 0.4) is 0 Å². The van der Waals surface area contributed by atoms with E-state index < -0.39 is 0 Å². The summed E-state index contributed by atoms with van der Waals surface area (Å²) < 4.78 is 5.93. The third-order valence-electron chi connectivity index (χ3n) is 5.02. The molecule has 0 N–H and O–H groups in total. The molecule has 4 rings (SSSR count). The number of nitrogens with zero attached hydrogens (tertiary/aromatic N) is 4. The number of benzene rings is 2. The summed E-state index contributed by atoms with van der Waals surface area (Å²) in [5.41, 5.74) is 2.34. The van der Waals surface area contributed by atoms with E-state index in [4.69, 9.17) is 4.42 Å². The van der Waals surface area contributed by atoms with E-state index in [1.165, 1.54) is 5.56 Å². The Labute approximate surface area is 154 Å². The molecule has 26 heavy (non-hydrogen) atoms. The van der Waals surface area contributed by atoms with Gasteiger partial charge in [-0.15, -0.1) is 10.2 Å². The number of aromatic nitrogens is 2. The highest BCUT2D eigenvalue weighted by Crippen LogP contribution is 2.24. The lowest BCUT2D eigenvalue weighted by molar-refractivity contribution is 0.0876. The monoisotopic (exact) mass is 348 g/mol. The van der Waals surface area contributed by atoms with Gasteiger partial charge in [0.1, 0.15) is 0 Å². The molecule has 0 radical (unpaired) electrons. The third kappa shape index (κ3) is 3.84. The summed E-state index contributed by atoms with van der Waals surface area (Å²) in [7, 11) is 0. The molecule has 5 nitrogen and oxygen atoms in total. The Balaban J connectivity index is 1.35. The lowest BCUT2D eigenvalue weighted by atomic mass is 10.2. The lowest BCUT2D eigenvalue weighted by Gasteiger charge is -2.36. The molecule has 0 unspecified atom stereocenters. The highest BCUT2D eigenvalue weighted by atomic mass is 16.4. The first-order valence-corrected chi connectivity index (χ1v) is 9.19. The van der Waals surface area contributed by atoms with Crippen molar-refractivity contribution in [2.75, 3.05) is 26.2 Å². The molecule has 1 atom stereocenters. The van der Waals surface area contributed by atoms with Crippen LogP contribution in [0.25, 0.3) is 11.5 Å². The fourth-order valence-corrected chi connectivity index (χ4v) is 3.41. The predicted molar refractivity (Wildman–Crippen MR) is 101 cm³/mol. The molecule has 0 amide bonds. The zero-order valence-corrected chi connectivity index (χ0v) is 15.1. The highest BCUT2D eigenvalue weighted by molar-refractivity contribution is 5.51. The Kier molecular flexibility index (Phi) is 5.09. The van der Waals surface area contributed by atoms with Crippen molar-refractivity contribution >= 4 is 0 Å². The largest absolute Gasteiger partial charge is 0.419 e. The van der Waals surface area contributed by atoms with Crippen LogP contribution in [0.4, 0.5) is 0 Å². The zero-order valence-electron chi connectivity index (χ0n) is 15.1. The van der Waals surface area contributed by atoms with Crippen molar-refractivity contribution in [3.63, 3.8) is 0 Å². The fourth-order valence-electron chi connectivity index (χ4n) is 3.41. The quantitative estimate of drug-likeness (QED) is 0.705. The zero-order chi connectivity index (χ0) is 17.8. The molecule has 1 fully saturated rings. The molecule has 0 saturated carbocycles. The van der Waals surface area contributed by atoms with E-state index in [1.807, 2.05) is 30.3 Å². The number of piperazine rings is 1. The maximum absolute atomic E-state index is 5.93. The van der Waals surface area contributed by atoms with Gasteiger partial charge in [-0.1, -0.05) is 48.5 Å². The first-order valence-electron chi connectivity index (χ1n) is 9.19. The van der Waals surface area contributed by atoms with Crippen LogP contribution in [0.5, 0.6) is 0 Å². The van der Waals surface area contributed by atoms with Gasteiger partial charge in [-0.3, -0.25) is 9.80 Å². The van der Waals surface area contributed by atoms with Crippen LogP contribution in [-0.4, -0.2) is 46.2 Å². The minimum absolute atomic E-state index is 0.138. The summed E-state index contributed by atoms with van der Waals surface area (Å²) in [5, 5.41) is 8.50. The van der Waals surface area contributed by atoms with E-state index >= 15 is 0 Å². The molecular weight excluding hydrogens is 324 g/mol. The van der Waals surface area contributed by atoms with Gasteiger partial charge in [0, 0.05) is 38.3 Å². The molecule has 0 aliphatic carbocycles. The molecule has 134 valence electrons. The average molecular weight is 348 g/mol. The minimum Gasteiger partial charge on any atom is -0.419 e. The Bertz CT molecular complexity index is 810. The second-order valence-electron chi connectivity index (χ2n) is 6.79. The van der Waals surface area contributed by atoms with Gasteiger partial charge in [-0.05, 0) is 24.6 Å². The Morgan fingerprint density at radius 2 is 1.54 bits per heavy atom. The topological polar surface area (TPSA) is 45.4 Å². The summed E-state index contributed by atoms with van der Waals surface area (Å²) in [4.78, 5) is 4.92. The summed E-state index contributed by atoms with van der Waals surface area (Å²) in [6.07, 6.45) is 0. The van der Waals surface area contributed by atoms with Gasteiger partial charge in [0.15, 0.2) is 0 Å². The van der Waals surface area contributed by atoms with E-state index in [2.05, 4.69) is 57.3 Å². The minimum atomic E-state index is 0.138. The molecule has 0 spiro atoms. The van der Waals surface area contributed by atoms with Crippen molar-refractivity contribution in [2.24, 2.45) is 0 Å². The van der Waals surface area contributed by atoms with Crippen LogP contribution in [-0.2, 0) is 6.54 Å². The van der Waals surface area contributed by atoms with Gasteiger partial charge in [0.25, 0.3) is 0 Å².